The van der Waals surface area contributed by atoms with Crippen LogP contribution in [0.4, 0.5) is 0 Å². The minimum atomic E-state index is -0.792. The van der Waals surface area contributed by atoms with Crippen LogP contribution in [0.15, 0.2) is 24.3 Å². The van der Waals surface area contributed by atoms with Gasteiger partial charge in [-0.15, -0.1) is 0 Å². The molecule has 0 saturated heterocycles. The number of ether oxygens (including phenoxy) is 2. The second-order valence-corrected chi connectivity index (χ2v) is 6.96. The first kappa shape index (κ1) is 21.2. The van der Waals surface area contributed by atoms with E-state index in [1.54, 1.807) is 0 Å². The fraction of sp³-hybridized carbons (Fsp3) is 0.619. The molecule has 0 spiro atoms. The van der Waals surface area contributed by atoms with Crippen LogP contribution < -0.4 is 0 Å². The largest absolute Gasteiger partial charge is 0.425 e. The van der Waals surface area contributed by atoms with E-state index in [1.807, 2.05) is 32.9 Å². The van der Waals surface area contributed by atoms with E-state index in [1.165, 1.54) is 5.56 Å². The molecule has 0 bridgehead atoms. The molecule has 2 atom stereocenters. The Morgan fingerprint density at radius 1 is 0.960 bits per heavy atom. The van der Waals surface area contributed by atoms with Crippen LogP contribution in [0.2, 0.25) is 0 Å². The van der Waals surface area contributed by atoms with Gasteiger partial charge in [0, 0.05) is 12.8 Å². The summed E-state index contributed by atoms with van der Waals surface area (Å²) in [6.07, 6.45) is 2.57. The summed E-state index contributed by atoms with van der Waals surface area (Å²) >= 11 is 0. The predicted octanol–water partition coefficient (Wildman–Crippen LogP) is 5.00. The van der Waals surface area contributed by atoms with Crippen molar-refractivity contribution in [2.45, 2.75) is 78.9 Å². The van der Waals surface area contributed by atoms with E-state index in [0.717, 1.165) is 18.4 Å². The lowest BCUT2D eigenvalue weighted by Crippen LogP contribution is -2.26. The minimum absolute atomic E-state index is 0.320. The van der Waals surface area contributed by atoms with Gasteiger partial charge in [-0.05, 0) is 43.2 Å². The Kier molecular flexibility index (Phi) is 9.25. The molecule has 0 aliphatic carbocycles. The van der Waals surface area contributed by atoms with Crippen LogP contribution in [0, 0.1) is 5.92 Å². The third kappa shape index (κ3) is 7.72. The summed E-state index contributed by atoms with van der Waals surface area (Å²) in [5, 5.41) is 0. The molecule has 0 saturated carbocycles. The molecule has 1 aromatic rings. The summed E-state index contributed by atoms with van der Waals surface area (Å²) in [5.41, 5.74) is 2.17. The number of carbonyl (C=O) groups is 2. The number of hydrogen-bond acceptors (Lipinski definition) is 4. The maximum Gasteiger partial charge on any atom is 0.316 e. The van der Waals surface area contributed by atoms with Crippen LogP contribution in [0.25, 0.3) is 0 Å². The normalized spacial score (nSPS) is 13.4. The Bertz CT molecular complexity index is 533. The molecular weight excluding hydrogens is 316 g/mol. The van der Waals surface area contributed by atoms with Crippen molar-refractivity contribution in [1.82, 2.24) is 0 Å². The summed E-state index contributed by atoms with van der Waals surface area (Å²) in [7, 11) is 0. The highest BCUT2D eigenvalue weighted by atomic mass is 16.7. The van der Waals surface area contributed by atoms with E-state index in [2.05, 4.69) is 26.0 Å². The topological polar surface area (TPSA) is 52.6 Å². The van der Waals surface area contributed by atoms with Crippen molar-refractivity contribution in [2.75, 3.05) is 0 Å². The van der Waals surface area contributed by atoms with Gasteiger partial charge in [0.15, 0.2) is 0 Å². The lowest BCUT2D eigenvalue weighted by molar-refractivity contribution is -0.189. The molecule has 0 radical (unpaired) electrons. The molecule has 0 fully saturated rings. The van der Waals surface area contributed by atoms with E-state index >= 15 is 0 Å². The maximum atomic E-state index is 12.4. The highest BCUT2D eigenvalue weighted by Gasteiger charge is 2.23. The Morgan fingerprint density at radius 3 is 2.12 bits per heavy atom. The number of rotatable bonds is 10. The predicted molar refractivity (Wildman–Crippen MR) is 99.2 cm³/mol. The molecular formula is C21H32O4. The van der Waals surface area contributed by atoms with Crippen molar-refractivity contribution in [3.8, 4) is 0 Å². The van der Waals surface area contributed by atoms with Crippen LogP contribution in [0.5, 0.6) is 0 Å². The molecule has 25 heavy (non-hydrogen) atoms. The summed E-state index contributed by atoms with van der Waals surface area (Å²) in [5.74, 6) is -0.475. The van der Waals surface area contributed by atoms with Gasteiger partial charge in [-0.1, -0.05) is 52.0 Å². The number of hydrogen-bond donors (Lipinski definition) is 0. The summed E-state index contributed by atoms with van der Waals surface area (Å²) in [6, 6.07) is 8.07. The molecule has 1 rings (SSSR count). The Labute approximate surface area is 151 Å². The van der Waals surface area contributed by atoms with Crippen molar-refractivity contribution in [3.05, 3.63) is 35.4 Å². The second-order valence-electron chi connectivity index (χ2n) is 6.96. The Hall–Kier alpha value is -1.84. The molecule has 140 valence electrons. The number of carbonyl (C=O) groups excluding carboxylic acids is 2. The average Bonchev–Trinajstić information content (AvgIpc) is 2.54. The third-order valence-corrected chi connectivity index (χ3v) is 3.97. The van der Waals surface area contributed by atoms with Crippen molar-refractivity contribution >= 4 is 11.9 Å². The van der Waals surface area contributed by atoms with Crippen LogP contribution in [-0.2, 0) is 25.5 Å². The summed E-state index contributed by atoms with van der Waals surface area (Å²) in [6.45, 7) is 10.1. The van der Waals surface area contributed by atoms with E-state index in [-0.39, 0.29) is 11.9 Å². The van der Waals surface area contributed by atoms with Gasteiger partial charge >= 0.3 is 11.9 Å². The van der Waals surface area contributed by atoms with Gasteiger partial charge in [0.2, 0.25) is 6.29 Å². The molecule has 4 nitrogen and oxygen atoms in total. The SMILES string of the molecule is CCCC(=O)OC(CCC)OC(=O)C(C)c1ccc(CC(C)C)cc1. The Morgan fingerprint density at radius 2 is 1.60 bits per heavy atom. The molecule has 0 N–H and O–H groups in total. The van der Waals surface area contributed by atoms with E-state index in [0.29, 0.717) is 25.2 Å². The second kappa shape index (κ2) is 10.9. The van der Waals surface area contributed by atoms with Gasteiger partial charge in [0.25, 0.3) is 0 Å². The van der Waals surface area contributed by atoms with Crippen molar-refractivity contribution in [1.29, 1.82) is 0 Å². The highest BCUT2D eigenvalue weighted by Crippen LogP contribution is 2.20. The monoisotopic (exact) mass is 348 g/mol. The zero-order valence-electron chi connectivity index (χ0n) is 16.2. The lowest BCUT2D eigenvalue weighted by Gasteiger charge is -2.20. The van der Waals surface area contributed by atoms with Crippen molar-refractivity contribution in [2.24, 2.45) is 5.92 Å². The Balaban J connectivity index is 2.67. The minimum Gasteiger partial charge on any atom is -0.425 e. The molecule has 0 aliphatic heterocycles. The fourth-order valence-electron chi connectivity index (χ4n) is 2.57. The molecule has 0 aromatic heterocycles. The fourth-order valence-corrected chi connectivity index (χ4v) is 2.57. The van der Waals surface area contributed by atoms with Gasteiger partial charge < -0.3 is 9.47 Å². The molecule has 4 heteroatoms. The van der Waals surface area contributed by atoms with E-state index in [9.17, 15) is 9.59 Å². The molecule has 1 aromatic carbocycles. The summed E-state index contributed by atoms with van der Waals surface area (Å²) in [4.78, 5) is 24.1. The quantitative estimate of drug-likeness (QED) is 0.441. The van der Waals surface area contributed by atoms with Gasteiger partial charge in [-0.25, -0.2) is 0 Å². The number of benzene rings is 1. The van der Waals surface area contributed by atoms with Crippen LogP contribution >= 0.6 is 0 Å². The van der Waals surface area contributed by atoms with Gasteiger partial charge in [-0.2, -0.15) is 0 Å². The zero-order valence-corrected chi connectivity index (χ0v) is 16.2. The van der Waals surface area contributed by atoms with Crippen molar-refractivity contribution in [3.63, 3.8) is 0 Å². The van der Waals surface area contributed by atoms with Gasteiger partial charge in [0.05, 0.1) is 5.92 Å². The zero-order chi connectivity index (χ0) is 18.8. The smallest absolute Gasteiger partial charge is 0.316 e. The first-order valence-electron chi connectivity index (χ1n) is 9.36. The molecule has 0 amide bonds. The maximum absolute atomic E-state index is 12.4. The number of esters is 2. The van der Waals surface area contributed by atoms with Gasteiger partial charge in [-0.3, -0.25) is 9.59 Å². The van der Waals surface area contributed by atoms with Crippen LogP contribution in [0.1, 0.15) is 77.3 Å². The highest BCUT2D eigenvalue weighted by molar-refractivity contribution is 5.78. The first-order chi connectivity index (χ1) is 11.9. The summed E-state index contributed by atoms with van der Waals surface area (Å²) < 4.78 is 10.7. The van der Waals surface area contributed by atoms with Crippen LogP contribution in [-0.4, -0.2) is 18.2 Å². The third-order valence-electron chi connectivity index (χ3n) is 3.97. The van der Waals surface area contributed by atoms with E-state index in [4.69, 9.17) is 9.47 Å². The van der Waals surface area contributed by atoms with E-state index < -0.39 is 12.2 Å². The standard InChI is InChI=1S/C21H32O4/c1-6-8-19(22)24-20(9-7-2)25-21(23)16(5)18-12-10-17(11-13-18)14-15(3)4/h10-13,15-16,20H,6-9,14H2,1-5H3. The van der Waals surface area contributed by atoms with Crippen LogP contribution in [0.3, 0.4) is 0 Å². The molecule has 0 heterocycles. The lowest BCUT2D eigenvalue weighted by atomic mass is 9.97. The average molecular weight is 348 g/mol. The molecule has 0 aliphatic rings. The molecule has 2 unspecified atom stereocenters. The van der Waals surface area contributed by atoms with Crippen molar-refractivity contribution < 1.29 is 19.1 Å². The van der Waals surface area contributed by atoms with Gasteiger partial charge in [0.1, 0.15) is 0 Å². The first-order valence-corrected chi connectivity index (χ1v) is 9.36.